The van der Waals surface area contributed by atoms with Crippen molar-refractivity contribution >= 4 is 34.5 Å². The molecule has 3 rings (SSSR count). The topological polar surface area (TPSA) is 99.6 Å². The van der Waals surface area contributed by atoms with E-state index in [1.807, 2.05) is 0 Å². The second kappa shape index (κ2) is 8.49. The van der Waals surface area contributed by atoms with Crippen LogP contribution in [0.2, 0.25) is 5.15 Å². The number of aromatic nitrogens is 2. The van der Waals surface area contributed by atoms with Gasteiger partial charge < -0.3 is 19.5 Å². The third-order valence-electron chi connectivity index (χ3n) is 4.44. The van der Waals surface area contributed by atoms with Crippen molar-refractivity contribution in [3.8, 4) is 5.75 Å². The number of nitrogens with one attached hydrogen (secondary N) is 1. The maximum absolute atomic E-state index is 12.3. The first-order valence-electron chi connectivity index (χ1n) is 8.51. The molecule has 144 valence electrons. The number of hydrogen-bond acceptors (Lipinski definition) is 7. The minimum absolute atomic E-state index is 0.0464. The Morgan fingerprint density at radius 1 is 1.22 bits per heavy atom. The summed E-state index contributed by atoms with van der Waals surface area (Å²) < 4.78 is 15.3. The third-order valence-corrected chi connectivity index (χ3v) is 4.74. The zero-order valence-electron chi connectivity index (χ0n) is 15.1. The molecule has 2 heterocycles. The number of rotatable bonds is 5. The molecule has 1 N–H and O–H groups in total. The molecule has 0 aliphatic carbocycles. The van der Waals surface area contributed by atoms with Crippen molar-refractivity contribution in [2.45, 2.75) is 19.4 Å². The van der Waals surface area contributed by atoms with Gasteiger partial charge in [0.05, 0.1) is 37.5 Å². The zero-order chi connectivity index (χ0) is 19.4. The van der Waals surface area contributed by atoms with Gasteiger partial charge in [0.2, 0.25) is 5.91 Å². The van der Waals surface area contributed by atoms with Crippen molar-refractivity contribution in [2.75, 3.05) is 27.4 Å². The normalized spacial score (nSPS) is 14.8. The number of carbonyl (C=O) groups is 2. The Kier molecular flexibility index (Phi) is 6.08. The summed E-state index contributed by atoms with van der Waals surface area (Å²) in [5, 5.41) is 3.02. The number of fused-ring (bicyclic) bond motifs is 1. The average Bonchev–Trinajstić information content (AvgIpc) is 2.71. The second-order valence-electron chi connectivity index (χ2n) is 6.10. The van der Waals surface area contributed by atoms with Crippen LogP contribution in [0.5, 0.6) is 5.75 Å². The molecule has 1 aromatic carbocycles. The summed E-state index contributed by atoms with van der Waals surface area (Å²) in [6, 6.07) is 3.11. The van der Waals surface area contributed by atoms with Crippen molar-refractivity contribution in [1.82, 2.24) is 15.3 Å². The lowest BCUT2D eigenvalue weighted by Gasteiger charge is -2.21. The van der Waals surface area contributed by atoms with E-state index >= 15 is 0 Å². The molecule has 9 heteroatoms. The average molecular weight is 394 g/mol. The van der Waals surface area contributed by atoms with E-state index in [4.69, 9.17) is 25.8 Å². The number of nitrogens with zero attached hydrogens (tertiary/aromatic N) is 2. The molecule has 0 radical (unpaired) electrons. The maximum Gasteiger partial charge on any atom is 0.341 e. The van der Waals surface area contributed by atoms with Crippen LogP contribution in [-0.2, 0) is 20.8 Å². The van der Waals surface area contributed by atoms with Crippen LogP contribution in [0.1, 0.15) is 28.9 Å². The monoisotopic (exact) mass is 393 g/mol. The molecule has 0 unspecified atom stereocenters. The summed E-state index contributed by atoms with van der Waals surface area (Å²) in [5.41, 5.74) is 1.61. The number of hydrogen-bond donors (Lipinski definition) is 1. The standard InChI is InChI=1S/C18H20ClN3O5/c1-25-15-8-13-12(7-11(15)18(24)26-2)22-16(19)14(21-13)9-20-17(23)10-3-5-27-6-4-10/h7-8,10H,3-6,9H2,1-2H3,(H,20,23). The zero-order valence-corrected chi connectivity index (χ0v) is 15.8. The summed E-state index contributed by atoms with van der Waals surface area (Å²) >= 11 is 6.22. The van der Waals surface area contributed by atoms with Crippen molar-refractivity contribution in [3.63, 3.8) is 0 Å². The highest BCUT2D eigenvalue weighted by molar-refractivity contribution is 6.30. The molecular weight excluding hydrogens is 374 g/mol. The van der Waals surface area contributed by atoms with Gasteiger partial charge >= 0.3 is 5.97 Å². The van der Waals surface area contributed by atoms with Gasteiger partial charge in [-0.25, -0.2) is 14.8 Å². The predicted molar refractivity (Wildman–Crippen MR) is 97.8 cm³/mol. The van der Waals surface area contributed by atoms with Crippen LogP contribution < -0.4 is 10.1 Å². The van der Waals surface area contributed by atoms with E-state index in [1.54, 1.807) is 6.07 Å². The number of halogens is 1. The fourth-order valence-corrected chi connectivity index (χ4v) is 3.12. The fraction of sp³-hybridized carbons (Fsp3) is 0.444. The quantitative estimate of drug-likeness (QED) is 0.776. The summed E-state index contributed by atoms with van der Waals surface area (Å²) in [6.07, 6.45) is 1.41. The molecule has 1 aromatic heterocycles. The molecular formula is C18H20ClN3O5. The van der Waals surface area contributed by atoms with E-state index < -0.39 is 5.97 Å². The highest BCUT2D eigenvalue weighted by Gasteiger charge is 2.22. The molecule has 27 heavy (non-hydrogen) atoms. The highest BCUT2D eigenvalue weighted by atomic mass is 35.5. The Balaban J connectivity index is 1.83. The van der Waals surface area contributed by atoms with Crippen molar-refractivity contribution < 1.29 is 23.8 Å². The molecule has 1 fully saturated rings. The highest BCUT2D eigenvalue weighted by Crippen LogP contribution is 2.26. The van der Waals surface area contributed by atoms with Gasteiger partial charge in [0, 0.05) is 25.2 Å². The van der Waals surface area contributed by atoms with Gasteiger partial charge in [0.1, 0.15) is 11.3 Å². The Hall–Kier alpha value is -2.45. The minimum Gasteiger partial charge on any atom is -0.496 e. The van der Waals surface area contributed by atoms with Crippen LogP contribution in [-0.4, -0.2) is 49.3 Å². The molecule has 8 nitrogen and oxygen atoms in total. The predicted octanol–water partition coefficient (Wildman–Crippen LogP) is 2.12. The van der Waals surface area contributed by atoms with Crippen LogP contribution in [0.25, 0.3) is 11.0 Å². The molecule has 1 saturated heterocycles. The van der Waals surface area contributed by atoms with Gasteiger partial charge in [0.15, 0.2) is 5.15 Å². The number of benzene rings is 1. The van der Waals surface area contributed by atoms with Crippen molar-refractivity contribution in [1.29, 1.82) is 0 Å². The third kappa shape index (κ3) is 4.28. The Morgan fingerprint density at radius 3 is 2.59 bits per heavy atom. The molecule has 0 bridgehead atoms. The molecule has 1 aliphatic heterocycles. The van der Waals surface area contributed by atoms with Gasteiger partial charge in [-0.2, -0.15) is 0 Å². The van der Waals surface area contributed by atoms with Gasteiger partial charge in [-0.3, -0.25) is 4.79 Å². The van der Waals surface area contributed by atoms with Crippen molar-refractivity contribution in [2.24, 2.45) is 5.92 Å². The minimum atomic E-state index is -0.542. The second-order valence-corrected chi connectivity index (χ2v) is 6.46. The first-order valence-corrected chi connectivity index (χ1v) is 8.89. The van der Waals surface area contributed by atoms with E-state index in [-0.39, 0.29) is 29.1 Å². The van der Waals surface area contributed by atoms with E-state index in [0.29, 0.717) is 48.5 Å². The fourth-order valence-electron chi connectivity index (χ4n) is 2.92. The molecule has 1 aliphatic rings. The largest absolute Gasteiger partial charge is 0.496 e. The Bertz CT molecular complexity index is 868. The lowest BCUT2D eigenvalue weighted by atomic mass is 9.99. The molecule has 0 atom stereocenters. The first-order chi connectivity index (χ1) is 13.0. The lowest BCUT2D eigenvalue weighted by Crippen LogP contribution is -2.34. The lowest BCUT2D eigenvalue weighted by molar-refractivity contribution is -0.128. The van der Waals surface area contributed by atoms with Gasteiger partial charge in [-0.15, -0.1) is 0 Å². The van der Waals surface area contributed by atoms with Crippen molar-refractivity contribution in [3.05, 3.63) is 28.5 Å². The van der Waals surface area contributed by atoms with Crippen LogP contribution >= 0.6 is 11.6 Å². The Morgan fingerprint density at radius 2 is 1.93 bits per heavy atom. The number of esters is 1. The van der Waals surface area contributed by atoms with Gasteiger partial charge in [-0.05, 0) is 18.9 Å². The SMILES string of the molecule is COC(=O)c1cc2nc(Cl)c(CNC(=O)C3CCOCC3)nc2cc1OC. The van der Waals surface area contributed by atoms with Crippen LogP contribution in [0, 0.1) is 5.92 Å². The summed E-state index contributed by atoms with van der Waals surface area (Å²) in [6.45, 7) is 1.35. The number of carbonyl (C=O) groups excluding carboxylic acids is 2. The number of methoxy groups -OCH3 is 2. The Labute approximate surface area is 161 Å². The van der Waals surface area contributed by atoms with E-state index in [1.165, 1.54) is 20.3 Å². The smallest absolute Gasteiger partial charge is 0.341 e. The number of amides is 1. The van der Waals surface area contributed by atoms with E-state index in [9.17, 15) is 9.59 Å². The van der Waals surface area contributed by atoms with Gasteiger partial charge in [0.25, 0.3) is 0 Å². The number of ether oxygens (including phenoxy) is 3. The molecule has 0 spiro atoms. The molecule has 0 saturated carbocycles. The summed E-state index contributed by atoms with van der Waals surface area (Å²) in [7, 11) is 2.74. The first kappa shape index (κ1) is 19.3. The van der Waals surface area contributed by atoms with E-state index in [0.717, 1.165) is 0 Å². The molecule has 2 aromatic rings. The maximum atomic E-state index is 12.3. The summed E-state index contributed by atoms with van der Waals surface area (Å²) in [5.74, 6) is -0.328. The van der Waals surface area contributed by atoms with Crippen LogP contribution in [0.15, 0.2) is 12.1 Å². The van der Waals surface area contributed by atoms with Crippen LogP contribution in [0.3, 0.4) is 0 Å². The van der Waals surface area contributed by atoms with Gasteiger partial charge in [-0.1, -0.05) is 11.6 Å². The molecule has 1 amide bonds. The van der Waals surface area contributed by atoms with E-state index in [2.05, 4.69) is 15.3 Å². The summed E-state index contributed by atoms with van der Waals surface area (Å²) in [4.78, 5) is 32.9. The van der Waals surface area contributed by atoms with Crippen LogP contribution in [0.4, 0.5) is 0 Å².